The SMILES string of the molecule is Cn1cccc1CNC(C)(C)CCO. The molecule has 0 aliphatic rings. The van der Waals surface area contributed by atoms with Crippen LogP contribution < -0.4 is 5.32 Å². The van der Waals surface area contributed by atoms with E-state index in [1.54, 1.807) is 0 Å². The highest BCUT2D eigenvalue weighted by Gasteiger charge is 2.15. The highest BCUT2D eigenvalue weighted by Crippen LogP contribution is 2.09. The zero-order chi connectivity index (χ0) is 10.6. The molecule has 0 bridgehead atoms. The Labute approximate surface area is 85.7 Å². The Kier molecular flexibility index (Phi) is 3.72. The standard InChI is InChI=1S/C11H20N2O/c1-11(2,6-8-14)12-9-10-5-4-7-13(10)3/h4-5,7,12,14H,6,8-9H2,1-3H3. The van der Waals surface area contributed by atoms with Gasteiger partial charge in [0, 0.05) is 37.6 Å². The molecule has 1 aromatic rings. The Morgan fingerprint density at radius 2 is 2.21 bits per heavy atom. The monoisotopic (exact) mass is 196 g/mol. The van der Waals surface area contributed by atoms with Gasteiger partial charge >= 0.3 is 0 Å². The molecule has 3 nitrogen and oxygen atoms in total. The topological polar surface area (TPSA) is 37.2 Å². The van der Waals surface area contributed by atoms with E-state index in [0.29, 0.717) is 0 Å². The Hall–Kier alpha value is -0.800. The van der Waals surface area contributed by atoms with E-state index in [0.717, 1.165) is 13.0 Å². The average Bonchev–Trinajstić information content (AvgIpc) is 2.48. The molecule has 80 valence electrons. The summed E-state index contributed by atoms with van der Waals surface area (Å²) in [6, 6.07) is 4.14. The molecule has 0 amide bonds. The van der Waals surface area contributed by atoms with Crippen LogP contribution in [-0.2, 0) is 13.6 Å². The molecular formula is C11H20N2O. The number of aromatic nitrogens is 1. The zero-order valence-electron chi connectivity index (χ0n) is 9.25. The van der Waals surface area contributed by atoms with Gasteiger partial charge in [0.2, 0.25) is 0 Å². The summed E-state index contributed by atoms with van der Waals surface area (Å²) in [6.07, 6.45) is 2.81. The largest absolute Gasteiger partial charge is 0.396 e. The molecule has 0 aliphatic carbocycles. The lowest BCUT2D eigenvalue weighted by molar-refractivity contribution is 0.229. The van der Waals surface area contributed by atoms with Crippen molar-refractivity contribution in [3.63, 3.8) is 0 Å². The van der Waals surface area contributed by atoms with Crippen LogP contribution >= 0.6 is 0 Å². The van der Waals surface area contributed by atoms with Crippen molar-refractivity contribution < 1.29 is 5.11 Å². The van der Waals surface area contributed by atoms with Crippen molar-refractivity contribution in [3.05, 3.63) is 24.0 Å². The summed E-state index contributed by atoms with van der Waals surface area (Å²) >= 11 is 0. The molecule has 3 heteroatoms. The molecule has 1 heterocycles. The lowest BCUT2D eigenvalue weighted by Gasteiger charge is -2.25. The van der Waals surface area contributed by atoms with Gasteiger partial charge in [0.1, 0.15) is 0 Å². The number of aryl methyl sites for hydroxylation is 1. The van der Waals surface area contributed by atoms with Crippen LogP contribution in [-0.4, -0.2) is 21.8 Å². The van der Waals surface area contributed by atoms with E-state index in [2.05, 4.69) is 29.8 Å². The minimum Gasteiger partial charge on any atom is -0.396 e. The first kappa shape index (κ1) is 11.3. The fraction of sp³-hybridized carbons (Fsp3) is 0.636. The quantitative estimate of drug-likeness (QED) is 0.744. The van der Waals surface area contributed by atoms with Crippen LogP contribution in [0.4, 0.5) is 0 Å². The molecule has 1 aromatic heterocycles. The Bertz CT molecular complexity index is 279. The highest BCUT2D eigenvalue weighted by molar-refractivity contribution is 5.06. The van der Waals surface area contributed by atoms with Crippen LogP contribution in [0.15, 0.2) is 18.3 Å². The van der Waals surface area contributed by atoms with Crippen molar-refractivity contribution >= 4 is 0 Å². The number of nitrogens with one attached hydrogen (secondary N) is 1. The summed E-state index contributed by atoms with van der Waals surface area (Å²) in [6.45, 7) is 5.28. The summed E-state index contributed by atoms with van der Waals surface area (Å²) in [4.78, 5) is 0. The van der Waals surface area contributed by atoms with Crippen LogP contribution in [0, 0.1) is 0 Å². The normalized spacial score (nSPS) is 12.0. The zero-order valence-corrected chi connectivity index (χ0v) is 9.25. The first-order chi connectivity index (χ1) is 6.55. The Morgan fingerprint density at radius 1 is 1.50 bits per heavy atom. The molecule has 0 atom stereocenters. The van der Waals surface area contributed by atoms with Gasteiger partial charge in [-0.15, -0.1) is 0 Å². The fourth-order valence-electron chi connectivity index (χ4n) is 1.38. The number of aliphatic hydroxyl groups excluding tert-OH is 1. The fourth-order valence-corrected chi connectivity index (χ4v) is 1.38. The summed E-state index contributed by atoms with van der Waals surface area (Å²) in [5.74, 6) is 0. The molecule has 2 N–H and O–H groups in total. The average molecular weight is 196 g/mol. The summed E-state index contributed by atoms with van der Waals surface area (Å²) in [5, 5.41) is 12.3. The smallest absolute Gasteiger partial charge is 0.0448 e. The van der Waals surface area contributed by atoms with Gasteiger partial charge < -0.3 is 15.0 Å². The molecule has 0 aliphatic heterocycles. The predicted molar refractivity (Wildman–Crippen MR) is 58.0 cm³/mol. The van der Waals surface area contributed by atoms with E-state index in [1.807, 2.05) is 19.3 Å². The van der Waals surface area contributed by atoms with Crippen LogP contribution in [0.3, 0.4) is 0 Å². The summed E-state index contributed by atoms with van der Waals surface area (Å²) < 4.78 is 2.10. The highest BCUT2D eigenvalue weighted by atomic mass is 16.3. The van der Waals surface area contributed by atoms with Crippen LogP contribution in [0.2, 0.25) is 0 Å². The molecule has 0 saturated carbocycles. The second-order valence-corrected chi connectivity index (χ2v) is 4.32. The Balaban J connectivity index is 2.44. The number of nitrogens with zero attached hydrogens (tertiary/aromatic N) is 1. The van der Waals surface area contributed by atoms with Gasteiger partial charge in [0.05, 0.1) is 0 Å². The van der Waals surface area contributed by atoms with Crippen molar-refractivity contribution in [2.45, 2.75) is 32.4 Å². The maximum atomic E-state index is 8.87. The van der Waals surface area contributed by atoms with E-state index in [1.165, 1.54) is 5.69 Å². The van der Waals surface area contributed by atoms with Crippen LogP contribution in [0.25, 0.3) is 0 Å². The number of rotatable bonds is 5. The lowest BCUT2D eigenvalue weighted by Crippen LogP contribution is -2.39. The first-order valence-corrected chi connectivity index (χ1v) is 5.01. The van der Waals surface area contributed by atoms with E-state index >= 15 is 0 Å². The second-order valence-electron chi connectivity index (χ2n) is 4.32. The van der Waals surface area contributed by atoms with Gasteiger partial charge in [-0.25, -0.2) is 0 Å². The van der Waals surface area contributed by atoms with Crippen LogP contribution in [0.1, 0.15) is 26.0 Å². The molecule has 0 saturated heterocycles. The van der Waals surface area contributed by atoms with Gasteiger partial charge in [0.25, 0.3) is 0 Å². The molecule has 0 unspecified atom stereocenters. The van der Waals surface area contributed by atoms with E-state index in [9.17, 15) is 0 Å². The van der Waals surface area contributed by atoms with Gasteiger partial charge in [-0.1, -0.05) is 0 Å². The molecule has 0 radical (unpaired) electrons. The van der Waals surface area contributed by atoms with Crippen molar-refractivity contribution in [3.8, 4) is 0 Å². The van der Waals surface area contributed by atoms with Crippen molar-refractivity contribution in [1.29, 1.82) is 0 Å². The molecular weight excluding hydrogens is 176 g/mol. The molecule has 1 rings (SSSR count). The van der Waals surface area contributed by atoms with Crippen molar-refractivity contribution in [2.75, 3.05) is 6.61 Å². The summed E-state index contributed by atoms with van der Waals surface area (Å²) in [7, 11) is 2.04. The van der Waals surface area contributed by atoms with Gasteiger partial charge in [-0.3, -0.25) is 0 Å². The van der Waals surface area contributed by atoms with Gasteiger partial charge in [-0.2, -0.15) is 0 Å². The molecule has 0 aromatic carbocycles. The predicted octanol–water partition coefficient (Wildman–Crippen LogP) is 1.28. The molecule has 0 spiro atoms. The molecule has 0 fully saturated rings. The maximum Gasteiger partial charge on any atom is 0.0448 e. The van der Waals surface area contributed by atoms with E-state index in [4.69, 9.17) is 5.11 Å². The minimum atomic E-state index is -0.000972. The third-order valence-electron chi connectivity index (χ3n) is 2.54. The van der Waals surface area contributed by atoms with Gasteiger partial charge in [0.15, 0.2) is 0 Å². The number of aliphatic hydroxyl groups is 1. The minimum absolute atomic E-state index is 0.000972. The van der Waals surface area contributed by atoms with Gasteiger partial charge in [-0.05, 0) is 32.4 Å². The Morgan fingerprint density at radius 3 is 2.71 bits per heavy atom. The third-order valence-corrected chi connectivity index (χ3v) is 2.54. The summed E-state index contributed by atoms with van der Waals surface area (Å²) in [5.41, 5.74) is 1.26. The van der Waals surface area contributed by atoms with E-state index < -0.39 is 0 Å². The third kappa shape index (κ3) is 3.16. The molecule has 14 heavy (non-hydrogen) atoms. The van der Waals surface area contributed by atoms with Crippen molar-refractivity contribution in [1.82, 2.24) is 9.88 Å². The maximum absolute atomic E-state index is 8.87. The first-order valence-electron chi connectivity index (χ1n) is 5.01. The lowest BCUT2D eigenvalue weighted by atomic mass is 10.0. The second kappa shape index (κ2) is 4.62. The van der Waals surface area contributed by atoms with E-state index in [-0.39, 0.29) is 12.1 Å². The number of hydrogen-bond acceptors (Lipinski definition) is 2. The van der Waals surface area contributed by atoms with Crippen LogP contribution in [0.5, 0.6) is 0 Å². The number of hydrogen-bond donors (Lipinski definition) is 2. The van der Waals surface area contributed by atoms with Crippen molar-refractivity contribution in [2.24, 2.45) is 7.05 Å².